The molecule has 1 N–H and O–H groups in total. The molecule has 0 aliphatic carbocycles. The molecule has 1 saturated heterocycles. The van der Waals surface area contributed by atoms with Crippen LogP contribution in [0, 0.1) is 11.6 Å². The molecule has 1 aliphatic rings. The van der Waals surface area contributed by atoms with E-state index in [4.69, 9.17) is 9.47 Å². The van der Waals surface area contributed by atoms with Crippen LogP contribution in [0.5, 0.6) is 5.75 Å². The van der Waals surface area contributed by atoms with E-state index in [9.17, 15) is 18.4 Å². The van der Waals surface area contributed by atoms with Crippen LogP contribution < -0.4 is 10.1 Å². The van der Waals surface area contributed by atoms with Crippen LogP contribution in [0.3, 0.4) is 0 Å². The van der Waals surface area contributed by atoms with Crippen molar-refractivity contribution < 1.29 is 27.8 Å². The van der Waals surface area contributed by atoms with Crippen molar-refractivity contribution in [3.8, 4) is 5.75 Å². The van der Waals surface area contributed by atoms with E-state index in [2.05, 4.69) is 5.32 Å². The van der Waals surface area contributed by atoms with Crippen molar-refractivity contribution in [2.45, 2.75) is 25.9 Å². The molecule has 1 aliphatic heterocycles. The van der Waals surface area contributed by atoms with Gasteiger partial charge in [0.15, 0.2) is 0 Å². The molecule has 0 aromatic heterocycles. The molecule has 6 nitrogen and oxygen atoms in total. The van der Waals surface area contributed by atoms with Crippen LogP contribution in [0.4, 0.5) is 14.5 Å². The molecular formula is C22H24F2N2O4. The first kappa shape index (κ1) is 21.7. The van der Waals surface area contributed by atoms with Crippen LogP contribution in [-0.4, -0.2) is 49.1 Å². The summed E-state index contributed by atoms with van der Waals surface area (Å²) < 4.78 is 38.6. The van der Waals surface area contributed by atoms with Gasteiger partial charge in [0.25, 0.3) is 5.91 Å². The summed E-state index contributed by atoms with van der Waals surface area (Å²) in [6.07, 6.45) is 2.10. The van der Waals surface area contributed by atoms with Gasteiger partial charge in [-0.25, -0.2) is 8.78 Å². The zero-order valence-electron chi connectivity index (χ0n) is 16.7. The van der Waals surface area contributed by atoms with E-state index < -0.39 is 23.2 Å². The Bertz CT molecular complexity index is 863. The highest BCUT2D eigenvalue weighted by Crippen LogP contribution is 2.19. The molecule has 2 aromatic rings. The zero-order chi connectivity index (χ0) is 21.5. The number of halogens is 2. The van der Waals surface area contributed by atoms with Crippen molar-refractivity contribution in [1.29, 1.82) is 0 Å². The molecule has 0 bridgehead atoms. The van der Waals surface area contributed by atoms with Crippen molar-refractivity contribution in [2.24, 2.45) is 0 Å². The second kappa shape index (κ2) is 10.2. The number of anilines is 1. The van der Waals surface area contributed by atoms with Gasteiger partial charge < -0.3 is 19.7 Å². The minimum atomic E-state index is -0.878. The van der Waals surface area contributed by atoms with Gasteiger partial charge in [0.05, 0.1) is 6.10 Å². The van der Waals surface area contributed by atoms with Crippen LogP contribution in [-0.2, 0) is 9.53 Å². The van der Waals surface area contributed by atoms with E-state index in [0.29, 0.717) is 17.9 Å². The Morgan fingerprint density at radius 1 is 1.17 bits per heavy atom. The lowest BCUT2D eigenvalue weighted by Crippen LogP contribution is -2.38. The summed E-state index contributed by atoms with van der Waals surface area (Å²) in [5.41, 5.74) is -0.148. The van der Waals surface area contributed by atoms with Crippen LogP contribution in [0.25, 0.3) is 0 Å². The smallest absolute Gasteiger partial charge is 0.254 e. The van der Waals surface area contributed by atoms with Gasteiger partial charge in [0.2, 0.25) is 5.91 Å². The fraction of sp³-hybridized carbons (Fsp3) is 0.364. The fourth-order valence-corrected chi connectivity index (χ4v) is 3.14. The minimum Gasteiger partial charge on any atom is -0.491 e. The quantitative estimate of drug-likeness (QED) is 0.711. The second-order valence-corrected chi connectivity index (χ2v) is 6.93. The van der Waals surface area contributed by atoms with E-state index >= 15 is 0 Å². The Hall–Kier alpha value is -3.00. The van der Waals surface area contributed by atoms with Crippen LogP contribution in [0.15, 0.2) is 42.5 Å². The largest absolute Gasteiger partial charge is 0.491 e. The van der Waals surface area contributed by atoms with Gasteiger partial charge in [0.1, 0.15) is 36.2 Å². The van der Waals surface area contributed by atoms with Gasteiger partial charge in [-0.2, -0.15) is 0 Å². The number of carbonyl (C=O) groups excluding carboxylic acids is 2. The number of amides is 2. The zero-order valence-corrected chi connectivity index (χ0v) is 16.7. The Labute approximate surface area is 173 Å². The number of carbonyl (C=O) groups is 2. The molecule has 160 valence electrons. The lowest BCUT2D eigenvalue weighted by atomic mass is 10.2. The lowest BCUT2D eigenvalue weighted by Gasteiger charge is -2.21. The normalized spacial score (nSPS) is 15.6. The van der Waals surface area contributed by atoms with Gasteiger partial charge >= 0.3 is 0 Å². The van der Waals surface area contributed by atoms with E-state index in [1.54, 1.807) is 31.2 Å². The van der Waals surface area contributed by atoms with Gasteiger partial charge in [-0.3, -0.25) is 9.59 Å². The summed E-state index contributed by atoms with van der Waals surface area (Å²) in [5, 5.41) is 2.19. The molecule has 3 rings (SSSR count). The fourth-order valence-electron chi connectivity index (χ4n) is 3.14. The summed E-state index contributed by atoms with van der Waals surface area (Å²) in [4.78, 5) is 26.2. The van der Waals surface area contributed by atoms with E-state index in [1.807, 2.05) is 0 Å². The third kappa shape index (κ3) is 5.54. The number of nitrogens with zero attached hydrogens (tertiary/aromatic N) is 1. The molecule has 30 heavy (non-hydrogen) atoms. The number of rotatable bonds is 8. The Morgan fingerprint density at radius 2 is 1.87 bits per heavy atom. The predicted octanol–water partition coefficient (Wildman–Crippen LogP) is 3.62. The van der Waals surface area contributed by atoms with Crippen molar-refractivity contribution in [3.05, 3.63) is 59.7 Å². The molecule has 2 aromatic carbocycles. The molecule has 0 saturated carbocycles. The van der Waals surface area contributed by atoms with Crippen LogP contribution in [0.2, 0.25) is 0 Å². The summed E-state index contributed by atoms with van der Waals surface area (Å²) in [6.45, 7) is 2.85. The maximum absolute atomic E-state index is 13.7. The Kier molecular flexibility index (Phi) is 7.35. The first-order valence-corrected chi connectivity index (χ1v) is 9.85. The highest BCUT2D eigenvalue weighted by Gasteiger charge is 2.20. The van der Waals surface area contributed by atoms with E-state index in [0.717, 1.165) is 31.6 Å². The Balaban J connectivity index is 1.57. The number of ether oxygens (including phenoxy) is 2. The average Bonchev–Trinajstić information content (AvgIpc) is 3.27. The summed E-state index contributed by atoms with van der Waals surface area (Å²) in [5.74, 6) is -2.19. The molecule has 0 unspecified atom stereocenters. The molecule has 0 radical (unpaired) electrons. The van der Waals surface area contributed by atoms with Gasteiger partial charge in [-0.1, -0.05) is 6.07 Å². The molecule has 1 atom stereocenters. The first-order valence-electron chi connectivity index (χ1n) is 9.85. The number of nitrogens with one attached hydrogen (secondary N) is 1. The van der Waals surface area contributed by atoms with Crippen LogP contribution in [0.1, 0.15) is 30.1 Å². The summed E-state index contributed by atoms with van der Waals surface area (Å²) in [6, 6.07) is 9.90. The molecule has 0 spiro atoms. The van der Waals surface area contributed by atoms with Gasteiger partial charge in [-0.05, 0) is 56.2 Å². The molecule has 1 fully saturated rings. The average molecular weight is 418 g/mol. The third-order valence-electron chi connectivity index (χ3n) is 4.79. The standard InChI is InChI=1S/C22H24F2N2O4/c1-2-26(13-20(27)25-21-18(23)6-3-7-19(21)24)22(28)15-8-10-16(11-9-15)30-14-17-5-4-12-29-17/h3,6-11,17H,2,4-5,12-14H2,1H3,(H,25,27)/t17-/m0/s1. The second-order valence-electron chi connectivity index (χ2n) is 6.93. The van der Waals surface area contributed by atoms with Gasteiger partial charge in [0, 0.05) is 18.7 Å². The number of hydrogen-bond acceptors (Lipinski definition) is 4. The maximum Gasteiger partial charge on any atom is 0.254 e. The lowest BCUT2D eigenvalue weighted by molar-refractivity contribution is -0.116. The van der Waals surface area contributed by atoms with Crippen molar-refractivity contribution in [1.82, 2.24) is 4.90 Å². The third-order valence-corrected chi connectivity index (χ3v) is 4.79. The monoisotopic (exact) mass is 418 g/mol. The van der Waals surface area contributed by atoms with Crippen molar-refractivity contribution in [2.75, 3.05) is 31.6 Å². The maximum atomic E-state index is 13.7. The topological polar surface area (TPSA) is 67.9 Å². The number of hydrogen-bond donors (Lipinski definition) is 1. The van der Waals surface area contributed by atoms with Crippen LogP contribution >= 0.6 is 0 Å². The highest BCUT2D eigenvalue weighted by atomic mass is 19.1. The Morgan fingerprint density at radius 3 is 2.47 bits per heavy atom. The molecule has 2 amide bonds. The highest BCUT2D eigenvalue weighted by molar-refractivity contribution is 5.99. The molecule has 8 heteroatoms. The number of likely N-dealkylation sites (N-methyl/N-ethyl adjacent to an activating group) is 1. The van der Waals surface area contributed by atoms with Gasteiger partial charge in [-0.15, -0.1) is 0 Å². The summed E-state index contributed by atoms with van der Waals surface area (Å²) >= 11 is 0. The number of para-hydroxylation sites is 1. The first-order chi connectivity index (χ1) is 14.5. The summed E-state index contributed by atoms with van der Waals surface area (Å²) in [7, 11) is 0. The van der Waals surface area contributed by atoms with Crippen molar-refractivity contribution >= 4 is 17.5 Å². The SMILES string of the molecule is CCN(CC(=O)Nc1c(F)cccc1F)C(=O)c1ccc(OC[C@@H]2CCCO2)cc1. The minimum absolute atomic E-state index is 0.0969. The molecule has 1 heterocycles. The van der Waals surface area contributed by atoms with E-state index in [-0.39, 0.29) is 25.1 Å². The predicted molar refractivity (Wildman–Crippen MR) is 107 cm³/mol. The van der Waals surface area contributed by atoms with Crippen molar-refractivity contribution in [3.63, 3.8) is 0 Å². The molecular weight excluding hydrogens is 394 g/mol. The van der Waals surface area contributed by atoms with E-state index in [1.165, 1.54) is 11.0 Å². The number of benzene rings is 2.